The van der Waals surface area contributed by atoms with Crippen LogP contribution in [-0.2, 0) is 10.3 Å². The molecule has 4 N–H and O–H groups in total. The standard InChI is InChI=1S/C12H16FN3O/c1-7-6-12(2,16-11(15)17-7)9-5-8(14)3-4-10(9)13/h3-5,7H,6,14H2,1-2H3,(H2,15,16). The van der Waals surface area contributed by atoms with Crippen molar-refractivity contribution in [3.8, 4) is 0 Å². The number of hydrogen-bond donors (Lipinski definition) is 2. The van der Waals surface area contributed by atoms with E-state index >= 15 is 0 Å². The molecule has 0 radical (unpaired) electrons. The fourth-order valence-electron chi connectivity index (χ4n) is 2.25. The molecule has 4 nitrogen and oxygen atoms in total. The van der Waals surface area contributed by atoms with Crippen molar-refractivity contribution < 1.29 is 9.13 Å². The lowest BCUT2D eigenvalue weighted by Crippen LogP contribution is -2.38. The van der Waals surface area contributed by atoms with E-state index in [0.29, 0.717) is 17.7 Å². The molecule has 92 valence electrons. The Balaban J connectivity index is 2.50. The second-order valence-corrected chi connectivity index (χ2v) is 4.60. The van der Waals surface area contributed by atoms with Gasteiger partial charge in [-0.15, -0.1) is 0 Å². The van der Waals surface area contributed by atoms with Gasteiger partial charge in [0.15, 0.2) is 0 Å². The number of nitrogens with two attached hydrogens (primary N) is 2. The highest BCUT2D eigenvalue weighted by Crippen LogP contribution is 2.36. The lowest BCUT2D eigenvalue weighted by Gasteiger charge is -2.33. The minimum Gasteiger partial charge on any atom is -0.462 e. The van der Waals surface area contributed by atoms with Crippen LogP contribution in [0.3, 0.4) is 0 Å². The predicted molar refractivity (Wildman–Crippen MR) is 65.0 cm³/mol. The Morgan fingerprint density at radius 2 is 2.18 bits per heavy atom. The Morgan fingerprint density at radius 1 is 1.47 bits per heavy atom. The van der Waals surface area contributed by atoms with Gasteiger partial charge in [-0.3, -0.25) is 0 Å². The molecule has 0 saturated heterocycles. The Hall–Kier alpha value is -1.78. The van der Waals surface area contributed by atoms with Gasteiger partial charge in [0.05, 0.1) is 5.54 Å². The number of rotatable bonds is 1. The van der Waals surface area contributed by atoms with Crippen molar-refractivity contribution in [2.45, 2.75) is 31.9 Å². The summed E-state index contributed by atoms with van der Waals surface area (Å²) in [5.41, 5.74) is 11.5. The van der Waals surface area contributed by atoms with Gasteiger partial charge in [0.2, 0.25) is 0 Å². The third-order valence-corrected chi connectivity index (χ3v) is 2.93. The molecule has 0 saturated carbocycles. The normalized spacial score (nSPS) is 28.4. The molecule has 2 rings (SSSR count). The highest BCUT2D eigenvalue weighted by molar-refractivity contribution is 5.73. The van der Waals surface area contributed by atoms with Crippen LogP contribution in [0.4, 0.5) is 10.1 Å². The minimum absolute atomic E-state index is 0.0908. The molecule has 1 aliphatic rings. The molecule has 5 heteroatoms. The van der Waals surface area contributed by atoms with E-state index in [9.17, 15) is 4.39 Å². The van der Waals surface area contributed by atoms with Gasteiger partial charge < -0.3 is 16.2 Å². The van der Waals surface area contributed by atoms with E-state index in [1.54, 1.807) is 6.07 Å². The summed E-state index contributed by atoms with van der Waals surface area (Å²) >= 11 is 0. The van der Waals surface area contributed by atoms with Crippen molar-refractivity contribution in [3.05, 3.63) is 29.6 Å². The first-order valence-corrected chi connectivity index (χ1v) is 5.48. The average Bonchev–Trinajstić information content (AvgIpc) is 2.19. The number of benzene rings is 1. The van der Waals surface area contributed by atoms with E-state index in [4.69, 9.17) is 16.2 Å². The summed E-state index contributed by atoms with van der Waals surface area (Å²) in [5.74, 6) is -0.327. The fourth-order valence-corrected chi connectivity index (χ4v) is 2.25. The minimum atomic E-state index is -0.721. The highest BCUT2D eigenvalue weighted by Gasteiger charge is 2.35. The first-order valence-electron chi connectivity index (χ1n) is 5.48. The van der Waals surface area contributed by atoms with Crippen molar-refractivity contribution in [2.75, 3.05) is 5.73 Å². The number of halogens is 1. The maximum absolute atomic E-state index is 13.8. The molecule has 17 heavy (non-hydrogen) atoms. The van der Waals surface area contributed by atoms with Crippen molar-refractivity contribution in [3.63, 3.8) is 0 Å². The lowest BCUT2D eigenvalue weighted by atomic mass is 9.86. The number of anilines is 1. The Kier molecular flexibility index (Phi) is 2.69. The molecule has 0 bridgehead atoms. The van der Waals surface area contributed by atoms with Crippen molar-refractivity contribution >= 4 is 11.7 Å². The molecule has 1 aliphatic heterocycles. The Morgan fingerprint density at radius 3 is 2.82 bits per heavy atom. The van der Waals surface area contributed by atoms with Gasteiger partial charge in [0.25, 0.3) is 6.02 Å². The van der Waals surface area contributed by atoms with Crippen LogP contribution in [0.2, 0.25) is 0 Å². The lowest BCUT2D eigenvalue weighted by molar-refractivity contribution is 0.134. The van der Waals surface area contributed by atoms with E-state index in [-0.39, 0.29) is 17.9 Å². The number of amidine groups is 1. The molecular formula is C12H16FN3O. The van der Waals surface area contributed by atoms with Crippen LogP contribution in [0.1, 0.15) is 25.8 Å². The van der Waals surface area contributed by atoms with E-state index < -0.39 is 5.54 Å². The van der Waals surface area contributed by atoms with Crippen LogP contribution in [-0.4, -0.2) is 12.1 Å². The summed E-state index contributed by atoms with van der Waals surface area (Å²) in [5, 5.41) is 0. The molecule has 0 amide bonds. The second-order valence-electron chi connectivity index (χ2n) is 4.60. The molecule has 0 aliphatic carbocycles. The van der Waals surface area contributed by atoms with E-state index in [1.165, 1.54) is 12.1 Å². The SMILES string of the molecule is CC1CC(C)(c2cc(N)ccc2F)N=C(N)O1. The van der Waals surface area contributed by atoms with E-state index in [2.05, 4.69) is 4.99 Å². The molecular weight excluding hydrogens is 221 g/mol. The third kappa shape index (κ3) is 2.18. The van der Waals surface area contributed by atoms with Crippen LogP contribution >= 0.6 is 0 Å². The van der Waals surface area contributed by atoms with Gasteiger partial charge in [0, 0.05) is 17.7 Å². The van der Waals surface area contributed by atoms with Crippen molar-refractivity contribution in [1.29, 1.82) is 0 Å². The summed E-state index contributed by atoms with van der Waals surface area (Å²) in [7, 11) is 0. The van der Waals surface area contributed by atoms with Crippen LogP contribution in [0.25, 0.3) is 0 Å². The van der Waals surface area contributed by atoms with Crippen LogP contribution in [0.5, 0.6) is 0 Å². The number of nitrogens with zero attached hydrogens (tertiary/aromatic N) is 1. The van der Waals surface area contributed by atoms with Gasteiger partial charge in [-0.25, -0.2) is 9.38 Å². The topological polar surface area (TPSA) is 73.6 Å². The number of aliphatic imine (C=N–C) groups is 1. The summed E-state index contributed by atoms with van der Waals surface area (Å²) in [6, 6.07) is 4.57. The predicted octanol–water partition coefficient (Wildman–Crippen LogP) is 1.75. The number of nitrogen functional groups attached to an aromatic ring is 1. The molecule has 0 aromatic heterocycles. The van der Waals surface area contributed by atoms with E-state index in [0.717, 1.165) is 0 Å². The van der Waals surface area contributed by atoms with Gasteiger partial charge in [-0.1, -0.05) is 0 Å². The molecule has 0 fully saturated rings. The Labute approximate surface area is 99.5 Å². The fraction of sp³-hybridized carbons (Fsp3) is 0.417. The largest absolute Gasteiger partial charge is 0.462 e. The summed E-state index contributed by atoms with van der Waals surface area (Å²) in [6.45, 7) is 3.71. The zero-order valence-electron chi connectivity index (χ0n) is 9.90. The summed E-state index contributed by atoms with van der Waals surface area (Å²) in [4.78, 5) is 4.21. The van der Waals surface area contributed by atoms with Crippen LogP contribution in [0.15, 0.2) is 23.2 Å². The van der Waals surface area contributed by atoms with Gasteiger partial charge in [0.1, 0.15) is 11.9 Å². The zero-order chi connectivity index (χ0) is 12.6. The Bertz CT molecular complexity index is 475. The number of hydrogen-bond acceptors (Lipinski definition) is 4. The van der Waals surface area contributed by atoms with Gasteiger partial charge in [-0.05, 0) is 32.0 Å². The van der Waals surface area contributed by atoms with Crippen molar-refractivity contribution in [1.82, 2.24) is 0 Å². The number of ether oxygens (including phenoxy) is 1. The van der Waals surface area contributed by atoms with Gasteiger partial charge in [-0.2, -0.15) is 0 Å². The molecule has 1 aromatic rings. The summed E-state index contributed by atoms with van der Waals surface area (Å²) < 4.78 is 19.1. The zero-order valence-corrected chi connectivity index (χ0v) is 9.90. The second kappa shape index (κ2) is 3.91. The third-order valence-electron chi connectivity index (χ3n) is 2.93. The highest BCUT2D eigenvalue weighted by atomic mass is 19.1. The monoisotopic (exact) mass is 237 g/mol. The smallest absolute Gasteiger partial charge is 0.283 e. The molecule has 2 atom stereocenters. The first-order chi connectivity index (χ1) is 7.90. The van der Waals surface area contributed by atoms with Crippen LogP contribution in [0, 0.1) is 5.82 Å². The maximum Gasteiger partial charge on any atom is 0.283 e. The molecule has 2 unspecified atom stereocenters. The first kappa shape index (κ1) is 11.7. The van der Waals surface area contributed by atoms with Crippen molar-refractivity contribution in [2.24, 2.45) is 10.7 Å². The molecule has 1 heterocycles. The molecule has 0 spiro atoms. The maximum atomic E-state index is 13.8. The van der Waals surface area contributed by atoms with Crippen LogP contribution < -0.4 is 11.5 Å². The average molecular weight is 237 g/mol. The van der Waals surface area contributed by atoms with Gasteiger partial charge >= 0.3 is 0 Å². The molecule has 1 aromatic carbocycles. The quantitative estimate of drug-likeness (QED) is 0.731. The summed E-state index contributed by atoms with van der Waals surface area (Å²) in [6.07, 6.45) is 0.465. The van der Waals surface area contributed by atoms with E-state index in [1.807, 2.05) is 13.8 Å².